The predicted octanol–water partition coefficient (Wildman–Crippen LogP) is 3.15. The molecule has 2 rings (SSSR count). The van der Waals surface area contributed by atoms with Crippen LogP contribution in [0, 0.1) is 6.92 Å². The van der Waals surface area contributed by atoms with Crippen molar-refractivity contribution in [2.24, 2.45) is 0 Å². The summed E-state index contributed by atoms with van der Waals surface area (Å²) in [7, 11) is -2.38. The summed E-state index contributed by atoms with van der Waals surface area (Å²) in [5.74, 6) is 0.240. The molecule has 7 heteroatoms. The van der Waals surface area contributed by atoms with Crippen molar-refractivity contribution in [1.29, 1.82) is 0 Å². The van der Waals surface area contributed by atoms with Crippen LogP contribution in [0.4, 0.5) is 11.4 Å². The third-order valence-corrected chi connectivity index (χ3v) is 5.24. The Hall–Kier alpha value is -1.73. The third kappa shape index (κ3) is 3.30. The maximum atomic E-state index is 12.5. The van der Waals surface area contributed by atoms with E-state index in [1.54, 1.807) is 18.2 Å². The van der Waals surface area contributed by atoms with E-state index in [1.165, 1.54) is 19.2 Å². The largest absolute Gasteiger partial charge is 0.495 e. The molecule has 0 spiro atoms. The number of rotatable bonds is 4. The first kappa shape index (κ1) is 15.7. The highest BCUT2D eigenvalue weighted by molar-refractivity contribution is 9.10. The summed E-state index contributed by atoms with van der Waals surface area (Å²) in [6, 6.07) is 9.77. The van der Waals surface area contributed by atoms with Gasteiger partial charge in [0.25, 0.3) is 10.0 Å². The number of anilines is 2. The summed E-state index contributed by atoms with van der Waals surface area (Å²) < 4.78 is 33.5. The second-order valence-corrected chi connectivity index (χ2v) is 6.93. The van der Waals surface area contributed by atoms with E-state index in [-0.39, 0.29) is 10.6 Å². The molecule has 0 aromatic heterocycles. The fourth-order valence-corrected chi connectivity index (χ4v) is 3.52. The van der Waals surface area contributed by atoms with Gasteiger partial charge in [-0.05, 0) is 42.8 Å². The van der Waals surface area contributed by atoms with Crippen LogP contribution in [0.1, 0.15) is 5.56 Å². The molecule has 5 nitrogen and oxygen atoms in total. The van der Waals surface area contributed by atoms with Gasteiger partial charge < -0.3 is 10.5 Å². The monoisotopic (exact) mass is 370 g/mol. The lowest BCUT2D eigenvalue weighted by atomic mass is 10.2. The molecular weight excluding hydrogens is 356 g/mol. The van der Waals surface area contributed by atoms with Crippen molar-refractivity contribution in [3.8, 4) is 5.75 Å². The Kier molecular flexibility index (Phi) is 4.43. The van der Waals surface area contributed by atoms with Crippen LogP contribution in [0.2, 0.25) is 0 Å². The predicted molar refractivity (Wildman–Crippen MR) is 87.1 cm³/mol. The molecule has 0 fully saturated rings. The van der Waals surface area contributed by atoms with Crippen molar-refractivity contribution in [2.45, 2.75) is 11.8 Å². The standard InChI is InChI=1S/C14H15BrN2O3S/c1-9-11(15)4-3-5-12(9)17-21(18,19)14-8-10(16)6-7-13(14)20-2/h3-8,17H,16H2,1-2H3. The molecule has 0 heterocycles. The van der Waals surface area contributed by atoms with Gasteiger partial charge >= 0.3 is 0 Å². The third-order valence-electron chi connectivity index (χ3n) is 2.99. The topological polar surface area (TPSA) is 81.4 Å². The number of nitrogens with one attached hydrogen (secondary N) is 1. The molecule has 0 atom stereocenters. The van der Waals surface area contributed by atoms with E-state index < -0.39 is 10.0 Å². The first-order valence-electron chi connectivity index (χ1n) is 6.06. The maximum absolute atomic E-state index is 12.5. The van der Waals surface area contributed by atoms with Crippen molar-refractivity contribution in [3.05, 3.63) is 46.4 Å². The molecular formula is C14H15BrN2O3S. The zero-order valence-electron chi connectivity index (χ0n) is 11.6. The van der Waals surface area contributed by atoms with Gasteiger partial charge in [-0.1, -0.05) is 22.0 Å². The molecule has 112 valence electrons. The van der Waals surface area contributed by atoms with Crippen LogP contribution >= 0.6 is 15.9 Å². The van der Waals surface area contributed by atoms with E-state index in [1.807, 2.05) is 13.0 Å². The van der Waals surface area contributed by atoms with E-state index in [0.29, 0.717) is 11.4 Å². The zero-order chi connectivity index (χ0) is 15.6. The average molecular weight is 371 g/mol. The molecule has 0 saturated heterocycles. The van der Waals surface area contributed by atoms with Gasteiger partial charge in [-0.25, -0.2) is 8.42 Å². The number of ether oxygens (including phenoxy) is 1. The summed E-state index contributed by atoms with van der Waals surface area (Å²) >= 11 is 3.37. The summed E-state index contributed by atoms with van der Waals surface area (Å²) in [4.78, 5) is 0.00405. The van der Waals surface area contributed by atoms with Crippen LogP contribution < -0.4 is 15.2 Å². The van der Waals surface area contributed by atoms with Crippen LogP contribution in [0.3, 0.4) is 0 Å². The molecule has 3 N–H and O–H groups in total. The van der Waals surface area contributed by atoms with Gasteiger partial charge in [-0.3, -0.25) is 4.72 Å². The lowest BCUT2D eigenvalue weighted by molar-refractivity contribution is 0.403. The highest BCUT2D eigenvalue weighted by Gasteiger charge is 2.21. The van der Waals surface area contributed by atoms with Crippen molar-refractivity contribution in [1.82, 2.24) is 0 Å². The molecule has 2 aromatic rings. The Morgan fingerprint density at radius 3 is 2.62 bits per heavy atom. The molecule has 0 unspecified atom stereocenters. The number of hydrogen-bond acceptors (Lipinski definition) is 4. The number of nitrogens with two attached hydrogens (primary N) is 1. The number of nitrogen functional groups attached to an aromatic ring is 1. The first-order chi connectivity index (χ1) is 9.85. The number of halogens is 1. The van der Waals surface area contributed by atoms with Crippen LogP contribution in [0.25, 0.3) is 0 Å². The van der Waals surface area contributed by atoms with Gasteiger partial charge in [0.1, 0.15) is 10.6 Å². The second kappa shape index (κ2) is 5.95. The molecule has 21 heavy (non-hydrogen) atoms. The summed E-state index contributed by atoms with van der Waals surface area (Å²) in [6.45, 7) is 1.82. The van der Waals surface area contributed by atoms with E-state index >= 15 is 0 Å². The van der Waals surface area contributed by atoms with Gasteiger partial charge in [0.2, 0.25) is 0 Å². The smallest absolute Gasteiger partial charge is 0.265 e. The zero-order valence-corrected chi connectivity index (χ0v) is 14.0. The van der Waals surface area contributed by atoms with E-state index in [4.69, 9.17) is 10.5 Å². The number of hydrogen-bond donors (Lipinski definition) is 2. The minimum Gasteiger partial charge on any atom is -0.495 e. The average Bonchev–Trinajstić information content (AvgIpc) is 2.44. The lowest BCUT2D eigenvalue weighted by Crippen LogP contribution is -2.15. The molecule has 0 aliphatic heterocycles. The van der Waals surface area contributed by atoms with Gasteiger partial charge in [0, 0.05) is 10.2 Å². The number of sulfonamides is 1. The SMILES string of the molecule is COc1ccc(N)cc1S(=O)(=O)Nc1cccc(Br)c1C. The summed E-state index contributed by atoms with van der Waals surface area (Å²) in [5, 5.41) is 0. The van der Waals surface area contributed by atoms with Gasteiger partial charge in [0.05, 0.1) is 12.8 Å². The van der Waals surface area contributed by atoms with E-state index in [9.17, 15) is 8.42 Å². The number of methoxy groups -OCH3 is 1. The maximum Gasteiger partial charge on any atom is 0.265 e. The fraction of sp³-hybridized carbons (Fsp3) is 0.143. The lowest BCUT2D eigenvalue weighted by Gasteiger charge is -2.14. The van der Waals surface area contributed by atoms with Gasteiger partial charge in [0.15, 0.2) is 0 Å². The van der Waals surface area contributed by atoms with Crippen LogP contribution in [0.15, 0.2) is 45.8 Å². The molecule has 0 saturated carbocycles. The Morgan fingerprint density at radius 2 is 1.95 bits per heavy atom. The minimum atomic E-state index is -3.79. The van der Waals surface area contributed by atoms with Crippen molar-refractivity contribution >= 4 is 37.3 Å². The van der Waals surface area contributed by atoms with Crippen LogP contribution in [0.5, 0.6) is 5.75 Å². The minimum absolute atomic E-state index is 0.00405. The molecule has 0 aliphatic rings. The highest BCUT2D eigenvalue weighted by atomic mass is 79.9. The highest BCUT2D eigenvalue weighted by Crippen LogP contribution is 2.30. The Bertz CT molecular complexity index is 776. The molecule has 0 amide bonds. The van der Waals surface area contributed by atoms with Crippen molar-refractivity contribution in [3.63, 3.8) is 0 Å². The Morgan fingerprint density at radius 1 is 1.24 bits per heavy atom. The second-order valence-electron chi connectivity index (χ2n) is 4.43. The fourth-order valence-electron chi connectivity index (χ4n) is 1.82. The Balaban J connectivity index is 2.48. The van der Waals surface area contributed by atoms with Crippen LogP contribution in [-0.2, 0) is 10.0 Å². The van der Waals surface area contributed by atoms with Crippen molar-refractivity contribution < 1.29 is 13.2 Å². The van der Waals surface area contributed by atoms with Gasteiger partial charge in [-0.15, -0.1) is 0 Å². The molecule has 0 radical (unpaired) electrons. The molecule has 0 bridgehead atoms. The molecule has 2 aromatic carbocycles. The summed E-state index contributed by atoms with van der Waals surface area (Å²) in [5.41, 5.74) is 7.31. The number of benzene rings is 2. The van der Waals surface area contributed by atoms with E-state index in [0.717, 1.165) is 10.0 Å². The van der Waals surface area contributed by atoms with Crippen LogP contribution in [-0.4, -0.2) is 15.5 Å². The first-order valence-corrected chi connectivity index (χ1v) is 8.34. The van der Waals surface area contributed by atoms with Crippen molar-refractivity contribution in [2.75, 3.05) is 17.6 Å². The quantitative estimate of drug-likeness (QED) is 0.809. The Labute approximate surface area is 132 Å². The van der Waals surface area contributed by atoms with Gasteiger partial charge in [-0.2, -0.15) is 0 Å². The van der Waals surface area contributed by atoms with E-state index in [2.05, 4.69) is 20.7 Å². The molecule has 0 aliphatic carbocycles. The summed E-state index contributed by atoms with van der Waals surface area (Å²) in [6.07, 6.45) is 0. The normalized spacial score (nSPS) is 11.2.